The van der Waals surface area contributed by atoms with Crippen LogP contribution in [0.2, 0.25) is 0 Å². The minimum Gasteiger partial charge on any atom is -0.316 e. The molecule has 1 aliphatic rings. The number of sulfonamides is 1. The molecule has 0 spiro atoms. The van der Waals surface area contributed by atoms with E-state index in [0.717, 1.165) is 25.9 Å². The number of nitrogens with one attached hydrogen (secondary N) is 2. The van der Waals surface area contributed by atoms with Gasteiger partial charge in [-0.25, -0.2) is 13.1 Å². The summed E-state index contributed by atoms with van der Waals surface area (Å²) in [5, 5.41) is 3.14. The van der Waals surface area contributed by atoms with Crippen LogP contribution in [0.5, 0.6) is 0 Å². The zero-order valence-corrected chi connectivity index (χ0v) is 9.73. The Labute approximate surface area is 86.5 Å². The average molecular weight is 220 g/mol. The van der Waals surface area contributed by atoms with E-state index >= 15 is 0 Å². The van der Waals surface area contributed by atoms with E-state index in [1.54, 1.807) is 0 Å². The van der Waals surface area contributed by atoms with E-state index in [1.165, 1.54) is 0 Å². The molecule has 2 N–H and O–H groups in total. The lowest BCUT2D eigenvalue weighted by atomic mass is 9.96. The molecular weight excluding hydrogens is 200 g/mol. The highest BCUT2D eigenvalue weighted by Crippen LogP contribution is 2.09. The van der Waals surface area contributed by atoms with Gasteiger partial charge in [-0.2, -0.15) is 0 Å². The van der Waals surface area contributed by atoms with Gasteiger partial charge in [-0.1, -0.05) is 13.3 Å². The fraction of sp³-hybridized carbons (Fsp3) is 1.00. The van der Waals surface area contributed by atoms with Gasteiger partial charge in [-0.15, -0.1) is 0 Å². The maximum atomic E-state index is 11.5. The van der Waals surface area contributed by atoms with Crippen LogP contribution in [0.3, 0.4) is 0 Å². The van der Waals surface area contributed by atoms with Crippen LogP contribution in [0.1, 0.15) is 26.7 Å². The molecule has 14 heavy (non-hydrogen) atoms. The van der Waals surface area contributed by atoms with Crippen LogP contribution in [0.4, 0.5) is 0 Å². The predicted molar refractivity (Wildman–Crippen MR) is 57.7 cm³/mol. The van der Waals surface area contributed by atoms with Crippen molar-refractivity contribution < 1.29 is 8.42 Å². The molecule has 5 heteroatoms. The van der Waals surface area contributed by atoms with Gasteiger partial charge in [-0.3, -0.25) is 0 Å². The van der Waals surface area contributed by atoms with Gasteiger partial charge in [0.15, 0.2) is 0 Å². The van der Waals surface area contributed by atoms with E-state index in [4.69, 9.17) is 0 Å². The summed E-state index contributed by atoms with van der Waals surface area (Å²) in [6, 6.07) is 0.0677. The average Bonchev–Trinajstić information content (AvgIpc) is 1.96. The Balaban J connectivity index is 2.33. The van der Waals surface area contributed by atoms with E-state index in [9.17, 15) is 8.42 Å². The van der Waals surface area contributed by atoms with E-state index in [0.29, 0.717) is 5.92 Å². The molecule has 0 bridgehead atoms. The van der Waals surface area contributed by atoms with Gasteiger partial charge < -0.3 is 5.32 Å². The van der Waals surface area contributed by atoms with Gasteiger partial charge in [0, 0.05) is 19.1 Å². The Morgan fingerprint density at radius 3 is 2.57 bits per heavy atom. The van der Waals surface area contributed by atoms with Crippen LogP contribution < -0.4 is 10.0 Å². The molecule has 0 saturated carbocycles. The standard InChI is InChI=1S/C9H20N2O2S/c1-3-4-5-14(12,13)11-8(2)9-6-10-7-9/h8-11H,3-7H2,1-2H3. The minimum atomic E-state index is -3.04. The van der Waals surface area contributed by atoms with Gasteiger partial charge in [0.1, 0.15) is 0 Å². The van der Waals surface area contributed by atoms with E-state index in [1.807, 2.05) is 13.8 Å². The van der Waals surface area contributed by atoms with E-state index < -0.39 is 10.0 Å². The van der Waals surface area contributed by atoms with Crippen LogP contribution in [-0.4, -0.2) is 33.3 Å². The van der Waals surface area contributed by atoms with Crippen LogP contribution >= 0.6 is 0 Å². The normalized spacial score (nSPS) is 20.4. The first-order valence-electron chi connectivity index (χ1n) is 5.26. The Morgan fingerprint density at radius 2 is 2.14 bits per heavy atom. The Bertz CT molecular complexity index is 260. The van der Waals surface area contributed by atoms with Gasteiger partial charge in [0.2, 0.25) is 10.0 Å². The van der Waals surface area contributed by atoms with Crippen molar-refractivity contribution >= 4 is 10.0 Å². The second-order valence-corrected chi connectivity index (χ2v) is 5.87. The van der Waals surface area contributed by atoms with Crippen molar-refractivity contribution in [2.45, 2.75) is 32.7 Å². The second-order valence-electron chi connectivity index (χ2n) is 4.00. The molecule has 1 saturated heterocycles. The highest BCUT2D eigenvalue weighted by molar-refractivity contribution is 7.89. The Hall–Kier alpha value is -0.130. The monoisotopic (exact) mass is 220 g/mol. The molecule has 0 amide bonds. The second kappa shape index (κ2) is 5.09. The summed E-state index contributed by atoms with van der Waals surface area (Å²) >= 11 is 0. The molecule has 0 radical (unpaired) electrons. The molecule has 1 aliphatic heterocycles. The largest absolute Gasteiger partial charge is 0.316 e. The van der Waals surface area contributed by atoms with Crippen LogP contribution in [-0.2, 0) is 10.0 Å². The third kappa shape index (κ3) is 3.55. The molecule has 0 aromatic carbocycles. The van der Waals surface area contributed by atoms with E-state index in [-0.39, 0.29) is 11.8 Å². The first kappa shape index (κ1) is 11.9. The lowest BCUT2D eigenvalue weighted by Crippen LogP contribution is -2.53. The SMILES string of the molecule is CCCCS(=O)(=O)NC(C)C1CNC1. The predicted octanol–water partition coefficient (Wildman–Crippen LogP) is 0.314. The zero-order valence-electron chi connectivity index (χ0n) is 8.91. The maximum Gasteiger partial charge on any atom is 0.211 e. The third-order valence-corrected chi connectivity index (χ3v) is 4.21. The molecule has 1 heterocycles. The first-order chi connectivity index (χ1) is 6.55. The number of hydrogen-bond donors (Lipinski definition) is 2. The van der Waals surface area contributed by atoms with Crippen LogP contribution in [0.25, 0.3) is 0 Å². The molecule has 1 fully saturated rings. The Kier molecular flexibility index (Phi) is 4.34. The van der Waals surface area contributed by atoms with Gasteiger partial charge >= 0.3 is 0 Å². The fourth-order valence-electron chi connectivity index (χ4n) is 1.44. The fourth-order valence-corrected chi connectivity index (χ4v) is 2.98. The Morgan fingerprint density at radius 1 is 1.50 bits per heavy atom. The van der Waals surface area contributed by atoms with Crippen LogP contribution in [0.15, 0.2) is 0 Å². The summed E-state index contributed by atoms with van der Waals surface area (Å²) in [6.45, 7) is 5.79. The molecule has 1 rings (SSSR count). The molecule has 1 unspecified atom stereocenters. The van der Waals surface area contributed by atoms with Gasteiger partial charge in [0.05, 0.1) is 5.75 Å². The third-order valence-electron chi connectivity index (χ3n) is 2.65. The lowest BCUT2D eigenvalue weighted by molar-refractivity contribution is 0.290. The highest BCUT2D eigenvalue weighted by Gasteiger charge is 2.26. The van der Waals surface area contributed by atoms with Crippen molar-refractivity contribution in [1.82, 2.24) is 10.0 Å². The summed E-state index contributed by atoms with van der Waals surface area (Å²) in [5.74, 6) is 0.722. The molecule has 1 atom stereocenters. The van der Waals surface area contributed by atoms with Crippen molar-refractivity contribution in [1.29, 1.82) is 0 Å². The van der Waals surface area contributed by atoms with Gasteiger partial charge in [-0.05, 0) is 19.3 Å². The summed E-state index contributed by atoms with van der Waals surface area (Å²) in [4.78, 5) is 0. The molecule has 4 nitrogen and oxygen atoms in total. The van der Waals surface area contributed by atoms with Crippen LogP contribution in [0, 0.1) is 5.92 Å². The molecule has 84 valence electrons. The highest BCUT2D eigenvalue weighted by atomic mass is 32.2. The molecule has 0 aromatic heterocycles. The summed E-state index contributed by atoms with van der Waals surface area (Å²) in [6.07, 6.45) is 1.66. The summed E-state index contributed by atoms with van der Waals surface area (Å²) < 4.78 is 25.8. The maximum absolute atomic E-state index is 11.5. The summed E-state index contributed by atoms with van der Waals surface area (Å²) in [7, 11) is -3.04. The first-order valence-corrected chi connectivity index (χ1v) is 6.91. The summed E-state index contributed by atoms with van der Waals surface area (Å²) in [5.41, 5.74) is 0. The lowest BCUT2D eigenvalue weighted by Gasteiger charge is -2.32. The minimum absolute atomic E-state index is 0.0677. The quantitative estimate of drug-likeness (QED) is 0.677. The zero-order chi connectivity index (χ0) is 10.6. The number of unbranched alkanes of at least 4 members (excludes halogenated alkanes) is 1. The smallest absolute Gasteiger partial charge is 0.211 e. The van der Waals surface area contributed by atoms with Crippen molar-refractivity contribution in [3.05, 3.63) is 0 Å². The number of rotatable bonds is 6. The van der Waals surface area contributed by atoms with Crippen molar-refractivity contribution in [2.75, 3.05) is 18.8 Å². The topological polar surface area (TPSA) is 58.2 Å². The molecular formula is C9H20N2O2S. The van der Waals surface area contributed by atoms with Crippen molar-refractivity contribution in [3.63, 3.8) is 0 Å². The van der Waals surface area contributed by atoms with Crippen molar-refractivity contribution in [3.8, 4) is 0 Å². The molecule has 0 aliphatic carbocycles. The number of hydrogen-bond acceptors (Lipinski definition) is 3. The van der Waals surface area contributed by atoms with Gasteiger partial charge in [0.25, 0.3) is 0 Å². The molecule has 0 aromatic rings. The van der Waals surface area contributed by atoms with Crippen molar-refractivity contribution in [2.24, 2.45) is 5.92 Å². The van der Waals surface area contributed by atoms with E-state index in [2.05, 4.69) is 10.0 Å².